The summed E-state index contributed by atoms with van der Waals surface area (Å²) in [7, 11) is -4.39. The van der Waals surface area contributed by atoms with Gasteiger partial charge in [-0.3, -0.25) is 9.35 Å². The van der Waals surface area contributed by atoms with E-state index in [9.17, 15) is 28.0 Å². The van der Waals surface area contributed by atoms with E-state index in [0.29, 0.717) is 12.8 Å². The van der Waals surface area contributed by atoms with Crippen molar-refractivity contribution < 1.29 is 28.0 Å². The minimum atomic E-state index is -4.39. The maximum atomic E-state index is 12.5. The number of aliphatic hydroxyl groups excluding tert-OH is 2. The Balaban J connectivity index is 4.08. The molecule has 3 unspecified atom stereocenters. The first kappa shape index (κ1) is 39.3. The molecule has 0 radical (unpaired) electrons. The third kappa shape index (κ3) is 26.2. The summed E-state index contributed by atoms with van der Waals surface area (Å²) < 4.78 is 32.3. The van der Waals surface area contributed by atoms with Crippen LogP contribution in [0.5, 0.6) is 0 Å². The number of unbranched alkanes of at least 4 members (excludes halogenated alkanes) is 21. The summed E-state index contributed by atoms with van der Waals surface area (Å²) in [6, 6.07) is -1.14. The summed E-state index contributed by atoms with van der Waals surface area (Å²) >= 11 is 0. The number of carbonyl (C=O) groups excluding carboxylic acids is 1. The molecule has 4 N–H and O–H groups in total. The fourth-order valence-electron chi connectivity index (χ4n) is 5.28. The Kier molecular flexibility index (Phi) is 26.7. The van der Waals surface area contributed by atoms with Gasteiger partial charge in [0.1, 0.15) is 6.10 Å². The number of nitrogens with one attached hydrogen (secondary N) is 1. The summed E-state index contributed by atoms with van der Waals surface area (Å²) in [5, 5.41) is 23.3. The van der Waals surface area contributed by atoms with Crippen LogP contribution >= 0.6 is 0 Å². The van der Waals surface area contributed by atoms with Gasteiger partial charge in [-0.1, -0.05) is 162 Å². The highest BCUT2D eigenvalue weighted by atomic mass is 32.2. The second-order valence-corrected chi connectivity index (χ2v) is 13.4. The molecular formula is C32H65NO6S. The standard InChI is InChI=1S/C32H65NO6S/c1-3-5-7-9-11-13-15-16-17-19-21-23-25-27-31(35)32(36)33-29(28-40(37,38)39)30(34)26-24-22-20-18-14-12-10-8-6-4-2/h29-31,34-35H,3-28H2,1-2H3,(H,33,36)(H,37,38,39). The van der Waals surface area contributed by atoms with Crippen molar-refractivity contribution in [2.24, 2.45) is 0 Å². The molecule has 3 atom stereocenters. The normalized spacial score (nSPS) is 14.2. The average Bonchev–Trinajstić information content (AvgIpc) is 2.90. The van der Waals surface area contributed by atoms with E-state index in [1.54, 1.807) is 0 Å². The Hall–Kier alpha value is -0.700. The van der Waals surface area contributed by atoms with Crippen LogP contribution in [-0.2, 0) is 14.9 Å². The lowest BCUT2D eigenvalue weighted by atomic mass is 10.0. The predicted octanol–water partition coefficient (Wildman–Crippen LogP) is 7.87. The first-order valence-corrected chi connectivity index (χ1v) is 18.4. The first-order chi connectivity index (χ1) is 19.2. The Bertz CT molecular complexity index is 672. The average molecular weight is 592 g/mol. The van der Waals surface area contributed by atoms with Crippen molar-refractivity contribution in [3.05, 3.63) is 0 Å². The van der Waals surface area contributed by atoms with Crippen LogP contribution in [-0.4, -0.2) is 53.1 Å². The highest BCUT2D eigenvalue weighted by Crippen LogP contribution is 2.15. The highest BCUT2D eigenvalue weighted by Gasteiger charge is 2.28. The van der Waals surface area contributed by atoms with E-state index in [1.807, 2.05) is 0 Å². The molecule has 0 saturated heterocycles. The van der Waals surface area contributed by atoms with Crippen LogP contribution in [0.2, 0.25) is 0 Å². The van der Waals surface area contributed by atoms with Gasteiger partial charge in [0.25, 0.3) is 10.1 Å². The molecule has 0 aromatic heterocycles. The topological polar surface area (TPSA) is 124 Å². The SMILES string of the molecule is CCCCCCCCCCCCCCCC(O)C(=O)NC(CS(=O)(=O)O)C(O)CCCCCCCCCCCC. The van der Waals surface area contributed by atoms with E-state index in [-0.39, 0.29) is 0 Å². The zero-order valence-corrected chi connectivity index (χ0v) is 26.9. The quantitative estimate of drug-likeness (QED) is 0.0498. The second kappa shape index (κ2) is 27.2. The van der Waals surface area contributed by atoms with E-state index in [1.165, 1.54) is 103 Å². The van der Waals surface area contributed by atoms with Gasteiger partial charge >= 0.3 is 0 Å². The smallest absolute Gasteiger partial charge is 0.266 e. The Morgan fingerprint density at radius 3 is 1.25 bits per heavy atom. The lowest BCUT2D eigenvalue weighted by Gasteiger charge is -2.24. The van der Waals surface area contributed by atoms with Crippen LogP contribution in [0, 0.1) is 0 Å². The van der Waals surface area contributed by atoms with E-state index in [4.69, 9.17) is 0 Å². The molecule has 40 heavy (non-hydrogen) atoms. The molecule has 8 heteroatoms. The molecule has 0 saturated carbocycles. The number of aliphatic hydroxyl groups is 2. The number of hydrogen-bond donors (Lipinski definition) is 4. The summed E-state index contributed by atoms with van der Waals surface area (Å²) in [4.78, 5) is 12.5. The van der Waals surface area contributed by atoms with Gasteiger partial charge in [0.2, 0.25) is 5.91 Å². The molecule has 0 heterocycles. The van der Waals surface area contributed by atoms with Crippen molar-refractivity contribution >= 4 is 16.0 Å². The summed E-state index contributed by atoms with van der Waals surface area (Å²) in [6.07, 6.45) is 25.5. The molecule has 0 aromatic rings. The van der Waals surface area contributed by atoms with Crippen LogP contribution in [0.1, 0.15) is 174 Å². The molecule has 7 nitrogen and oxygen atoms in total. The monoisotopic (exact) mass is 591 g/mol. The fourth-order valence-corrected chi connectivity index (χ4v) is 6.04. The van der Waals surface area contributed by atoms with E-state index < -0.39 is 40.0 Å². The number of rotatable bonds is 30. The Labute approximate surface area is 247 Å². The molecule has 240 valence electrons. The number of carbonyl (C=O) groups is 1. The predicted molar refractivity (Wildman–Crippen MR) is 167 cm³/mol. The van der Waals surface area contributed by atoms with Crippen LogP contribution in [0.4, 0.5) is 0 Å². The van der Waals surface area contributed by atoms with Gasteiger partial charge in [-0.15, -0.1) is 0 Å². The molecule has 0 aromatic carbocycles. The molecule has 0 aliphatic heterocycles. The zero-order valence-electron chi connectivity index (χ0n) is 26.1. The minimum absolute atomic E-state index is 0.302. The van der Waals surface area contributed by atoms with Crippen LogP contribution < -0.4 is 5.32 Å². The fraction of sp³-hybridized carbons (Fsp3) is 0.969. The van der Waals surface area contributed by atoms with Gasteiger partial charge in [-0.2, -0.15) is 8.42 Å². The van der Waals surface area contributed by atoms with Crippen molar-refractivity contribution in [3.63, 3.8) is 0 Å². The summed E-state index contributed by atoms with van der Waals surface area (Å²) in [5.41, 5.74) is 0. The third-order valence-corrected chi connectivity index (χ3v) is 8.70. The van der Waals surface area contributed by atoms with Crippen molar-refractivity contribution in [2.45, 2.75) is 193 Å². The minimum Gasteiger partial charge on any atom is -0.391 e. The number of hydrogen-bond acceptors (Lipinski definition) is 5. The van der Waals surface area contributed by atoms with Crippen LogP contribution in [0.3, 0.4) is 0 Å². The summed E-state index contributed by atoms with van der Waals surface area (Å²) in [5.74, 6) is -1.45. The molecule has 0 aliphatic carbocycles. The van der Waals surface area contributed by atoms with Crippen molar-refractivity contribution in [3.8, 4) is 0 Å². The van der Waals surface area contributed by atoms with Crippen LogP contribution in [0.25, 0.3) is 0 Å². The van der Waals surface area contributed by atoms with E-state index in [0.717, 1.165) is 44.9 Å². The Morgan fingerprint density at radius 1 is 0.575 bits per heavy atom. The third-order valence-electron chi connectivity index (χ3n) is 7.92. The Morgan fingerprint density at radius 2 is 0.900 bits per heavy atom. The largest absolute Gasteiger partial charge is 0.391 e. The van der Waals surface area contributed by atoms with Gasteiger partial charge in [0.15, 0.2) is 0 Å². The zero-order chi connectivity index (χ0) is 29.9. The first-order valence-electron chi connectivity index (χ1n) is 16.8. The van der Waals surface area contributed by atoms with Crippen molar-refractivity contribution in [1.82, 2.24) is 5.32 Å². The van der Waals surface area contributed by atoms with E-state index in [2.05, 4.69) is 19.2 Å². The molecule has 0 aliphatic rings. The van der Waals surface area contributed by atoms with E-state index >= 15 is 0 Å². The van der Waals surface area contributed by atoms with Crippen LogP contribution in [0.15, 0.2) is 0 Å². The molecule has 1 amide bonds. The summed E-state index contributed by atoms with van der Waals surface area (Å²) in [6.45, 7) is 4.45. The highest BCUT2D eigenvalue weighted by molar-refractivity contribution is 7.85. The molecule has 0 bridgehead atoms. The molecule has 0 spiro atoms. The number of amides is 1. The van der Waals surface area contributed by atoms with Gasteiger partial charge in [-0.05, 0) is 12.8 Å². The maximum absolute atomic E-state index is 12.5. The second-order valence-electron chi connectivity index (χ2n) is 11.9. The molecular weight excluding hydrogens is 526 g/mol. The lowest BCUT2D eigenvalue weighted by molar-refractivity contribution is -0.131. The van der Waals surface area contributed by atoms with Gasteiger partial charge < -0.3 is 15.5 Å². The maximum Gasteiger partial charge on any atom is 0.266 e. The van der Waals surface area contributed by atoms with Crippen molar-refractivity contribution in [1.29, 1.82) is 0 Å². The van der Waals surface area contributed by atoms with Gasteiger partial charge in [0, 0.05) is 0 Å². The molecule has 0 fully saturated rings. The lowest BCUT2D eigenvalue weighted by Crippen LogP contribution is -2.50. The van der Waals surface area contributed by atoms with Gasteiger partial charge in [0.05, 0.1) is 17.9 Å². The van der Waals surface area contributed by atoms with Gasteiger partial charge in [-0.25, -0.2) is 0 Å². The van der Waals surface area contributed by atoms with Crippen molar-refractivity contribution in [2.75, 3.05) is 5.75 Å². The molecule has 0 rings (SSSR count).